The summed E-state index contributed by atoms with van der Waals surface area (Å²) in [5.41, 5.74) is -0.323. The number of nitrogens with one attached hydrogen (secondary N) is 1. The molecule has 4 nitrogen and oxygen atoms in total. The third-order valence-electron chi connectivity index (χ3n) is 2.43. The van der Waals surface area contributed by atoms with Gasteiger partial charge in [-0.25, -0.2) is 9.97 Å². The van der Waals surface area contributed by atoms with Gasteiger partial charge in [0.15, 0.2) is 0 Å². The molecule has 0 aliphatic heterocycles. The molecule has 0 amide bonds. The molecule has 0 atom stereocenters. The topological polar surface area (TPSA) is 58.0 Å². The first kappa shape index (κ1) is 14.2. The van der Waals surface area contributed by atoms with Crippen LogP contribution in [0.15, 0.2) is 6.20 Å². The van der Waals surface area contributed by atoms with Crippen molar-refractivity contribution in [1.29, 1.82) is 0 Å². The monoisotopic (exact) mass is 257 g/mol. The van der Waals surface area contributed by atoms with E-state index in [1.54, 1.807) is 20.0 Å². The quantitative estimate of drug-likeness (QED) is 0.797. The summed E-state index contributed by atoms with van der Waals surface area (Å²) < 4.78 is 0. The van der Waals surface area contributed by atoms with Gasteiger partial charge in [0.25, 0.3) is 0 Å². The van der Waals surface area contributed by atoms with E-state index < -0.39 is 5.60 Å². The number of rotatable bonds is 5. The van der Waals surface area contributed by atoms with Gasteiger partial charge in [0.2, 0.25) is 5.28 Å². The molecule has 0 aromatic carbocycles. The molecule has 5 heteroatoms. The van der Waals surface area contributed by atoms with E-state index in [-0.39, 0.29) is 5.28 Å². The van der Waals surface area contributed by atoms with Gasteiger partial charge in [-0.1, -0.05) is 13.8 Å². The van der Waals surface area contributed by atoms with Gasteiger partial charge >= 0.3 is 0 Å². The van der Waals surface area contributed by atoms with Crippen molar-refractivity contribution in [1.82, 2.24) is 9.97 Å². The Bertz CT molecular complexity index is 375. The lowest BCUT2D eigenvalue weighted by atomic mass is 10.0. The molecule has 1 heterocycles. The molecule has 1 rings (SSSR count). The lowest BCUT2D eigenvalue weighted by molar-refractivity contribution is 0.0786. The minimum Gasteiger partial charge on any atom is -0.386 e. The van der Waals surface area contributed by atoms with Crippen molar-refractivity contribution < 1.29 is 5.11 Å². The Morgan fingerprint density at radius 3 is 2.65 bits per heavy atom. The number of hydrogen-bond donors (Lipinski definition) is 2. The van der Waals surface area contributed by atoms with E-state index >= 15 is 0 Å². The van der Waals surface area contributed by atoms with E-state index in [1.165, 1.54) is 0 Å². The zero-order valence-electron chi connectivity index (χ0n) is 10.8. The first-order valence-electron chi connectivity index (χ1n) is 5.80. The molecule has 0 aliphatic carbocycles. The molecule has 0 saturated heterocycles. The summed E-state index contributed by atoms with van der Waals surface area (Å²) in [5, 5.41) is 13.4. The van der Waals surface area contributed by atoms with Gasteiger partial charge in [-0.05, 0) is 37.8 Å². The van der Waals surface area contributed by atoms with Gasteiger partial charge in [-0.3, -0.25) is 0 Å². The van der Waals surface area contributed by atoms with Crippen molar-refractivity contribution in [3.8, 4) is 0 Å². The molecule has 1 aromatic heterocycles. The van der Waals surface area contributed by atoms with Crippen LogP contribution in [0.25, 0.3) is 0 Å². The summed E-state index contributed by atoms with van der Waals surface area (Å²) in [6.07, 6.45) is 2.60. The lowest BCUT2D eigenvalue weighted by Gasteiger charge is -2.21. The van der Waals surface area contributed by atoms with Crippen molar-refractivity contribution in [2.45, 2.75) is 39.7 Å². The standard InChI is InChI=1S/C12H20ClN3O/c1-8(2)5-6-14-10-9(12(3,4)17)7-15-11(13)16-10/h7-8,17H,5-6H2,1-4H3,(H,14,15,16). The second kappa shape index (κ2) is 5.65. The van der Waals surface area contributed by atoms with Gasteiger partial charge in [0.1, 0.15) is 5.82 Å². The molecule has 0 saturated carbocycles. The Morgan fingerprint density at radius 1 is 1.47 bits per heavy atom. The Morgan fingerprint density at radius 2 is 2.12 bits per heavy atom. The van der Waals surface area contributed by atoms with E-state index in [0.717, 1.165) is 13.0 Å². The summed E-state index contributed by atoms with van der Waals surface area (Å²) in [5.74, 6) is 1.23. The van der Waals surface area contributed by atoms with Crippen LogP contribution in [0.5, 0.6) is 0 Å². The Kier molecular flexibility index (Phi) is 4.71. The average molecular weight is 258 g/mol. The first-order chi connectivity index (χ1) is 7.80. The van der Waals surface area contributed by atoms with Gasteiger partial charge < -0.3 is 10.4 Å². The van der Waals surface area contributed by atoms with Crippen LogP contribution in [-0.4, -0.2) is 21.6 Å². The van der Waals surface area contributed by atoms with Crippen LogP contribution in [0.1, 0.15) is 39.7 Å². The highest BCUT2D eigenvalue weighted by molar-refractivity contribution is 6.28. The Balaban J connectivity index is 2.84. The zero-order valence-corrected chi connectivity index (χ0v) is 11.5. The second-order valence-electron chi connectivity index (χ2n) is 5.07. The summed E-state index contributed by atoms with van der Waals surface area (Å²) in [4.78, 5) is 8.02. The molecule has 0 aliphatic rings. The first-order valence-corrected chi connectivity index (χ1v) is 6.17. The Hall–Kier alpha value is -0.870. The maximum Gasteiger partial charge on any atom is 0.224 e. The van der Waals surface area contributed by atoms with Crippen LogP contribution in [0.4, 0.5) is 5.82 Å². The molecule has 96 valence electrons. The fourth-order valence-corrected chi connectivity index (χ4v) is 1.56. The maximum atomic E-state index is 10.0. The molecule has 2 N–H and O–H groups in total. The number of anilines is 1. The molecular formula is C12H20ClN3O. The highest BCUT2D eigenvalue weighted by Crippen LogP contribution is 2.26. The van der Waals surface area contributed by atoms with Crippen LogP contribution < -0.4 is 5.32 Å². The lowest BCUT2D eigenvalue weighted by Crippen LogP contribution is -2.20. The number of halogens is 1. The van der Waals surface area contributed by atoms with E-state index in [4.69, 9.17) is 11.6 Å². The number of hydrogen-bond acceptors (Lipinski definition) is 4. The van der Waals surface area contributed by atoms with E-state index in [0.29, 0.717) is 17.3 Å². The third-order valence-corrected chi connectivity index (χ3v) is 2.61. The van der Waals surface area contributed by atoms with E-state index in [2.05, 4.69) is 29.1 Å². The van der Waals surface area contributed by atoms with Crippen molar-refractivity contribution in [3.05, 3.63) is 17.0 Å². The van der Waals surface area contributed by atoms with Crippen LogP contribution in [0.3, 0.4) is 0 Å². The van der Waals surface area contributed by atoms with Gasteiger partial charge in [-0.15, -0.1) is 0 Å². The largest absolute Gasteiger partial charge is 0.386 e. The normalized spacial score (nSPS) is 11.9. The number of aliphatic hydroxyl groups is 1. The zero-order chi connectivity index (χ0) is 13.1. The molecule has 0 fully saturated rings. The molecule has 17 heavy (non-hydrogen) atoms. The number of nitrogens with zero attached hydrogens (tertiary/aromatic N) is 2. The molecule has 0 radical (unpaired) electrons. The van der Waals surface area contributed by atoms with Gasteiger partial charge in [0.05, 0.1) is 5.60 Å². The maximum absolute atomic E-state index is 10.0. The van der Waals surface area contributed by atoms with Gasteiger partial charge in [0, 0.05) is 18.3 Å². The summed E-state index contributed by atoms with van der Waals surface area (Å²) in [6, 6.07) is 0. The SMILES string of the molecule is CC(C)CCNc1nc(Cl)ncc1C(C)(C)O. The fraction of sp³-hybridized carbons (Fsp3) is 0.667. The van der Waals surface area contributed by atoms with E-state index in [9.17, 15) is 5.11 Å². The van der Waals surface area contributed by atoms with Crippen LogP contribution in [0, 0.1) is 5.92 Å². The van der Waals surface area contributed by atoms with Crippen molar-refractivity contribution in [3.63, 3.8) is 0 Å². The molecular weight excluding hydrogens is 238 g/mol. The summed E-state index contributed by atoms with van der Waals surface area (Å²) in [6.45, 7) is 8.52. The molecule has 0 unspecified atom stereocenters. The second-order valence-corrected chi connectivity index (χ2v) is 5.41. The van der Waals surface area contributed by atoms with Crippen molar-refractivity contribution >= 4 is 17.4 Å². The van der Waals surface area contributed by atoms with Crippen molar-refractivity contribution in [2.24, 2.45) is 5.92 Å². The smallest absolute Gasteiger partial charge is 0.224 e. The van der Waals surface area contributed by atoms with Crippen LogP contribution in [0.2, 0.25) is 5.28 Å². The summed E-state index contributed by atoms with van der Waals surface area (Å²) >= 11 is 5.76. The summed E-state index contributed by atoms with van der Waals surface area (Å²) in [7, 11) is 0. The minimum atomic E-state index is -0.981. The minimum absolute atomic E-state index is 0.185. The highest BCUT2D eigenvalue weighted by atomic mass is 35.5. The molecule has 0 spiro atoms. The van der Waals surface area contributed by atoms with Crippen LogP contribution >= 0.6 is 11.6 Å². The highest BCUT2D eigenvalue weighted by Gasteiger charge is 2.22. The van der Waals surface area contributed by atoms with Crippen molar-refractivity contribution in [2.75, 3.05) is 11.9 Å². The number of aromatic nitrogens is 2. The fourth-order valence-electron chi connectivity index (χ4n) is 1.42. The predicted octanol–water partition coefficient (Wildman–Crippen LogP) is 2.82. The van der Waals surface area contributed by atoms with Gasteiger partial charge in [-0.2, -0.15) is 0 Å². The third kappa shape index (κ3) is 4.48. The predicted molar refractivity (Wildman–Crippen MR) is 70.2 cm³/mol. The average Bonchev–Trinajstić information content (AvgIpc) is 2.15. The molecule has 1 aromatic rings. The molecule has 0 bridgehead atoms. The van der Waals surface area contributed by atoms with E-state index in [1.807, 2.05) is 0 Å². The Labute approximate surface area is 107 Å². The van der Waals surface area contributed by atoms with Crippen LogP contribution in [-0.2, 0) is 5.60 Å².